The number of halogens is 3. The number of aryl methyl sites for hydroxylation is 1. The van der Waals surface area contributed by atoms with Gasteiger partial charge in [-0.2, -0.15) is 13.2 Å². The summed E-state index contributed by atoms with van der Waals surface area (Å²) < 4.78 is 43.4. The van der Waals surface area contributed by atoms with Crippen molar-refractivity contribution in [2.75, 3.05) is 12.4 Å². The highest BCUT2D eigenvalue weighted by atomic mass is 19.4. The van der Waals surface area contributed by atoms with Gasteiger partial charge in [0.05, 0.1) is 23.6 Å². The van der Waals surface area contributed by atoms with E-state index >= 15 is 0 Å². The smallest absolute Gasteiger partial charge is 0.416 e. The van der Waals surface area contributed by atoms with Gasteiger partial charge in [-0.25, -0.2) is 15.0 Å². The number of anilines is 2. The average Bonchev–Trinajstić information content (AvgIpc) is 3.09. The molecule has 0 atom stereocenters. The van der Waals surface area contributed by atoms with Crippen molar-refractivity contribution in [3.8, 4) is 11.3 Å². The fraction of sp³-hybridized carbons (Fsp3) is 0.167. The first-order valence-electron chi connectivity index (χ1n) is 7.99. The highest BCUT2D eigenvalue weighted by Crippen LogP contribution is 2.31. The molecule has 7 nitrogen and oxygen atoms in total. The molecule has 1 amide bonds. The van der Waals surface area contributed by atoms with Crippen LogP contribution in [0.25, 0.3) is 11.3 Å². The van der Waals surface area contributed by atoms with Crippen molar-refractivity contribution >= 4 is 17.6 Å². The zero-order chi connectivity index (χ0) is 20.5. The minimum atomic E-state index is -4.41. The molecule has 2 aromatic heterocycles. The molecule has 2 N–H and O–H groups in total. The number of hydrogen-bond donors (Lipinski definition) is 2. The van der Waals surface area contributed by atoms with Gasteiger partial charge in [0.25, 0.3) is 11.9 Å². The highest BCUT2D eigenvalue weighted by molar-refractivity contribution is 5.93. The Morgan fingerprint density at radius 2 is 1.86 bits per heavy atom. The van der Waals surface area contributed by atoms with E-state index in [0.717, 1.165) is 12.1 Å². The fourth-order valence-electron chi connectivity index (χ4n) is 2.43. The monoisotopic (exact) mass is 392 g/mol. The van der Waals surface area contributed by atoms with E-state index in [1.807, 2.05) is 0 Å². The van der Waals surface area contributed by atoms with Crippen LogP contribution in [-0.4, -0.2) is 33.2 Å². The molecule has 0 unspecified atom stereocenters. The summed E-state index contributed by atoms with van der Waals surface area (Å²) in [6.45, 7) is 1.65. The Balaban J connectivity index is 1.76. The van der Waals surface area contributed by atoms with Crippen LogP contribution < -0.4 is 5.32 Å². The molecule has 28 heavy (non-hydrogen) atoms. The summed E-state index contributed by atoms with van der Waals surface area (Å²) in [5, 5.41) is 12.5. The number of nitrogens with zero attached hydrogens (tertiary/aromatic N) is 3. The number of pyridine rings is 1. The number of amides is 1. The van der Waals surface area contributed by atoms with Gasteiger partial charge in [0.1, 0.15) is 5.69 Å². The molecule has 1 aromatic carbocycles. The number of hydrogen-bond acceptors (Lipinski definition) is 6. The number of nitrogens with one attached hydrogen (secondary N) is 1. The first-order chi connectivity index (χ1) is 13.1. The largest absolute Gasteiger partial charge is 0.423 e. The number of benzene rings is 1. The summed E-state index contributed by atoms with van der Waals surface area (Å²) in [4.78, 5) is 19.8. The summed E-state index contributed by atoms with van der Waals surface area (Å²) in [6.07, 6.45) is -1.66. The van der Waals surface area contributed by atoms with Crippen molar-refractivity contribution in [1.29, 1.82) is 0 Å². The van der Waals surface area contributed by atoms with Gasteiger partial charge in [-0.3, -0.25) is 10.0 Å². The molecule has 3 aromatic rings. The zero-order valence-electron chi connectivity index (χ0n) is 14.8. The molecule has 10 heteroatoms. The second-order valence-corrected chi connectivity index (χ2v) is 5.95. The highest BCUT2D eigenvalue weighted by Gasteiger charge is 2.30. The van der Waals surface area contributed by atoms with Gasteiger partial charge in [0.15, 0.2) is 5.76 Å². The van der Waals surface area contributed by atoms with E-state index in [4.69, 9.17) is 4.42 Å². The van der Waals surface area contributed by atoms with Crippen molar-refractivity contribution < 1.29 is 27.6 Å². The molecular weight excluding hydrogens is 377 g/mol. The number of aromatic nitrogens is 2. The average molecular weight is 392 g/mol. The number of alkyl halides is 3. The van der Waals surface area contributed by atoms with Crippen LogP contribution in [0.3, 0.4) is 0 Å². The van der Waals surface area contributed by atoms with Gasteiger partial charge in [-0.1, -0.05) is 12.1 Å². The molecule has 0 saturated carbocycles. The molecule has 0 aliphatic heterocycles. The molecule has 0 bridgehead atoms. The van der Waals surface area contributed by atoms with Crippen molar-refractivity contribution in [2.24, 2.45) is 0 Å². The Morgan fingerprint density at radius 3 is 2.43 bits per heavy atom. The van der Waals surface area contributed by atoms with Gasteiger partial charge < -0.3 is 9.73 Å². The summed E-state index contributed by atoms with van der Waals surface area (Å²) in [7, 11) is 1.20. The number of hydroxylamine groups is 2. The number of oxazole rings is 1. The third-order valence-electron chi connectivity index (χ3n) is 3.83. The minimum absolute atomic E-state index is 0.0911. The lowest BCUT2D eigenvalue weighted by molar-refractivity contribution is -0.137. The normalized spacial score (nSPS) is 11.4. The van der Waals surface area contributed by atoms with Crippen molar-refractivity contribution in [1.82, 2.24) is 15.0 Å². The standard InChI is InChI=1S/C18H15F3N4O3/c1-10-7-13(8-22-15(10)16(26)25(2)27)24-17-23-9-14(28-17)11-3-5-12(6-4-11)18(19,20)21/h3-9,27H,1-2H3,(H,23,24). The summed E-state index contributed by atoms with van der Waals surface area (Å²) in [5.74, 6) is -0.362. The van der Waals surface area contributed by atoms with E-state index in [1.54, 1.807) is 13.0 Å². The Kier molecular flexibility index (Phi) is 5.06. The van der Waals surface area contributed by atoms with Crippen LogP contribution in [-0.2, 0) is 6.18 Å². The zero-order valence-corrected chi connectivity index (χ0v) is 14.8. The molecule has 0 radical (unpaired) electrons. The number of carbonyl (C=O) groups excluding carboxylic acids is 1. The van der Waals surface area contributed by atoms with Crippen LogP contribution in [0.15, 0.2) is 47.1 Å². The SMILES string of the molecule is Cc1cc(Nc2ncc(-c3ccc(C(F)(F)F)cc3)o2)cnc1C(=O)N(C)O. The summed E-state index contributed by atoms with van der Waals surface area (Å²) in [6, 6.07) is 6.24. The Bertz CT molecular complexity index is 998. The lowest BCUT2D eigenvalue weighted by atomic mass is 10.1. The quantitative estimate of drug-likeness (QED) is 0.509. The van der Waals surface area contributed by atoms with Crippen LogP contribution in [0, 0.1) is 6.92 Å². The molecule has 0 aliphatic carbocycles. The summed E-state index contributed by atoms with van der Waals surface area (Å²) >= 11 is 0. The van der Waals surface area contributed by atoms with Gasteiger partial charge in [-0.05, 0) is 30.7 Å². The van der Waals surface area contributed by atoms with Gasteiger partial charge in [-0.15, -0.1) is 0 Å². The predicted octanol–water partition coefficient (Wildman–Crippen LogP) is 4.27. The van der Waals surface area contributed by atoms with E-state index in [9.17, 15) is 23.2 Å². The molecular formula is C18H15F3N4O3. The first-order valence-corrected chi connectivity index (χ1v) is 7.99. The fourth-order valence-corrected chi connectivity index (χ4v) is 2.43. The molecule has 0 fully saturated rings. The predicted molar refractivity (Wildman–Crippen MR) is 93.1 cm³/mol. The van der Waals surface area contributed by atoms with Gasteiger partial charge >= 0.3 is 6.18 Å². The second-order valence-electron chi connectivity index (χ2n) is 5.95. The van der Waals surface area contributed by atoms with Crippen LogP contribution in [0.2, 0.25) is 0 Å². The Labute approximate surface area is 157 Å². The molecule has 0 saturated heterocycles. The topological polar surface area (TPSA) is 91.5 Å². The second kappa shape index (κ2) is 7.31. The van der Waals surface area contributed by atoms with E-state index < -0.39 is 17.6 Å². The van der Waals surface area contributed by atoms with E-state index in [1.165, 1.54) is 31.6 Å². The number of carbonyl (C=O) groups is 1. The van der Waals surface area contributed by atoms with Crippen LogP contribution >= 0.6 is 0 Å². The van der Waals surface area contributed by atoms with E-state index in [0.29, 0.717) is 21.9 Å². The van der Waals surface area contributed by atoms with Crippen molar-refractivity contribution in [2.45, 2.75) is 13.1 Å². The maximum atomic E-state index is 12.6. The third-order valence-corrected chi connectivity index (χ3v) is 3.83. The summed E-state index contributed by atoms with van der Waals surface area (Å²) in [5.41, 5.74) is 0.780. The molecule has 2 heterocycles. The molecule has 3 rings (SSSR count). The maximum absolute atomic E-state index is 12.6. The Hall–Kier alpha value is -3.40. The number of rotatable bonds is 4. The van der Waals surface area contributed by atoms with Gasteiger partial charge in [0, 0.05) is 12.6 Å². The molecule has 146 valence electrons. The third kappa shape index (κ3) is 4.12. The maximum Gasteiger partial charge on any atom is 0.416 e. The molecule has 0 aliphatic rings. The lowest BCUT2D eigenvalue weighted by Gasteiger charge is -2.10. The van der Waals surface area contributed by atoms with Crippen LogP contribution in [0.4, 0.5) is 24.9 Å². The lowest BCUT2D eigenvalue weighted by Crippen LogP contribution is -2.24. The van der Waals surface area contributed by atoms with Crippen LogP contribution in [0.1, 0.15) is 21.6 Å². The van der Waals surface area contributed by atoms with Crippen molar-refractivity contribution in [3.05, 3.63) is 59.5 Å². The van der Waals surface area contributed by atoms with Gasteiger partial charge in [0.2, 0.25) is 0 Å². The minimum Gasteiger partial charge on any atom is -0.423 e. The Morgan fingerprint density at radius 1 is 1.18 bits per heavy atom. The first kappa shape index (κ1) is 19.4. The van der Waals surface area contributed by atoms with E-state index in [-0.39, 0.29) is 17.5 Å². The van der Waals surface area contributed by atoms with E-state index in [2.05, 4.69) is 15.3 Å². The molecule has 0 spiro atoms. The van der Waals surface area contributed by atoms with Crippen molar-refractivity contribution in [3.63, 3.8) is 0 Å². The van der Waals surface area contributed by atoms with Crippen LogP contribution in [0.5, 0.6) is 0 Å².